The van der Waals surface area contributed by atoms with Crippen LogP contribution in [0, 0.1) is 25.2 Å². The zero-order valence-electron chi connectivity index (χ0n) is 14.0. The maximum absolute atomic E-state index is 12.5. The highest BCUT2D eigenvalue weighted by Crippen LogP contribution is 2.23. The topological polar surface area (TPSA) is 121 Å². The van der Waals surface area contributed by atoms with E-state index in [1.165, 1.54) is 19.2 Å². The van der Waals surface area contributed by atoms with Gasteiger partial charge in [0, 0.05) is 5.69 Å². The van der Waals surface area contributed by atoms with E-state index in [1.807, 2.05) is 6.07 Å². The molecule has 9 heteroatoms. The Bertz CT molecular complexity index is 1060. The molecule has 2 heterocycles. The van der Waals surface area contributed by atoms with Crippen molar-refractivity contribution < 1.29 is 12.9 Å². The first kappa shape index (κ1) is 17.4. The van der Waals surface area contributed by atoms with Crippen molar-refractivity contribution in [2.45, 2.75) is 18.7 Å². The molecule has 2 N–H and O–H groups in total. The average Bonchev–Trinajstić information content (AvgIpc) is 2.96. The molecule has 0 radical (unpaired) electrons. The van der Waals surface area contributed by atoms with Crippen LogP contribution in [-0.2, 0) is 10.0 Å². The lowest BCUT2D eigenvalue weighted by molar-refractivity contribution is 0.390. The number of nitrogens with zero attached hydrogens (tertiary/aromatic N) is 3. The summed E-state index contributed by atoms with van der Waals surface area (Å²) in [7, 11) is -3.84. The fourth-order valence-corrected chi connectivity index (χ4v) is 3.75. The summed E-state index contributed by atoms with van der Waals surface area (Å²) in [5, 5.41) is 15.7. The van der Waals surface area contributed by atoms with Crippen LogP contribution in [0.25, 0.3) is 0 Å². The number of nitrogens with one attached hydrogen (secondary N) is 2. The molecule has 132 valence electrons. The van der Waals surface area contributed by atoms with Gasteiger partial charge in [-0.1, -0.05) is 11.2 Å². The SMILES string of the molecule is Cc1noc(C)c1S(=O)(=O)Nc1ccc(Nc2cccc(C#N)c2)cn1. The Morgan fingerprint density at radius 3 is 2.58 bits per heavy atom. The molecule has 3 aromatic rings. The lowest BCUT2D eigenvalue weighted by Gasteiger charge is -2.09. The van der Waals surface area contributed by atoms with Crippen LogP contribution in [-0.4, -0.2) is 18.6 Å². The van der Waals surface area contributed by atoms with E-state index in [0.29, 0.717) is 11.3 Å². The predicted molar refractivity (Wildman–Crippen MR) is 95.5 cm³/mol. The number of sulfonamides is 1. The molecule has 0 spiro atoms. The van der Waals surface area contributed by atoms with Gasteiger partial charge in [0.1, 0.15) is 11.5 Å². The molecule has 0 fully saturated rings. The van der Waals surface area contributed by atoms with E-state index in [0.717, 1.165) is 5.69 Å². The summed E-state index contributed by atoms with van der Waals surface area (Å²) in [6.07, 6.45) is 1.49. The van der Waals surface area contributed by atoms with Gasteiger partial charge in [-0.25, -0.2) is 13.4 Å². The molecule has 3 rings (SSSR count). The van der Waals surface area contributed by atoms with Crippen molar-refractivity contribution in [1.82, 2.24) is 10.1 Å². The lowest BCUT2D eigenvalue weighted by Crippen LogP contribution is -2.15. The molecule has 8 nitrogen and oxygen atoms in total. The minimum Gasteiger partial charge on any atom is -0.360 e. The summed E-state index contributed by atoms with van der Waals surface area (Å²) < 4.78 is 32.2. The normalized spacial score (nSPS) is 11.0. The number of hydrogen-bond acceptors (Lipinski definition) is 7. The molecule has 0 aliphatic carbocycles. The summed E-state index contributed by atoms with van der Waals surface area (Å²) in [5.41, 5.74) is 2.20. The van der Waals surface area contributed by atoms with Crippen LogP contribution in [0.4, 0.5) is 17.2 Å². The van der Waals surface area contributed by atoms with Crippen molar-refractivity contribution in [3.05, 3.63) is 59.6 Å². The Hall–Kier alpha value is -3.38. The molecule has 0 bridgehead atoms. The second kappa shape index (κ2) is 6.85. The number of pyridine rings is 1. The Morgan fingerprint density at radius 2 is 1.96 bits per heavy atom. The molecule has 0 saturated heterocycles. The summed E-state index contributed by atoms with van der Waals surface area (Å²) in [6, 6.07) is 12.3. The quantitative estimate of drug-likeness (QED) is 0.708. The van der Waals surface area contributed by atoms with Crippen LogP contribution in [0.2, 0.25) is 0 Å². The highest BCUT2D eigenvalue weighted by atomic mass is 32.2. The monoisotopic (exact) mass is 369 g/mol. The second-order valence-electron chi connectivity index (χ2n) is 5.51. The molecule has 1 aromatic carbocycles. The Morgan fingerprint density at radius 1 is 1.15 bits per heavy atom. The molecule has 0 aliphatic rings. The molecule has 0 amide bonds. The van der Waals surface area contributed by atoms with Crippen LogP contribution in [0.5, 0.6) is 0 Å². The van der Waals surface area contributed by atoms with Gasteiger partial charge < -0.3 is 9.84 Å². The van der Waals surface area contributed by atoms with Gasteiger partial charge in [-0.3, -0.25) is 4.72 Å². The minimum atomic E-state index is -3.84. The molecule has 0 aliphatic heterocycles. The Balaban J connectivity index is 1.77. The predicted octanol–water partition coefficient (Wildman–Crippen LogP) is 3.10. The summed E-state index contributed by atoms with van der Waals surface area (Å²) in [5.74, 6) is 0.381. The second-order valence-corrected chi connectivity index (χ2v) is 7.13. The van der Waals surface area contributed by atoms with Crippen LogP contribution < -0.4 is 10.0 Å². The molecular weight excluding hydrogens is 354 g/mol. The van der Waals surface area contributed by atoms with Crippen molar-refractivity contribution in [3.8, 4) is 6.07 Å². The van der Waals surface area contributed by atoms with E-state index in [9.17, 15) is 8.42 Å². The summed E-state index contributed by atoms with van der Waals surface area (Å²) >= 11 is 0. The van der Waals surface area contributed by atoms with E-state index < -0.39 is 10.0 Å². The number of benzene rings is 1. The van der Waals surface area contributed by atoms with E-state index in [1.54, 1.807) is 31.2 Å². The van der Waals surface area contributed by atoms with Crippen LogP contribution in [0.15, 0.2) is 52.0 Å². The van der Waals surface area contributed by atoms with Gasteiger partial charge in [-0.05, 0) is 44.2 Å². The van der Waals surface area contributed by atoms with E-state index in [4.69, 9.17) is 9.78 Å². The Kier molecular flexibility index (Phi) is 4.60. The minimum absolute atomic E-state index is 0.00909. The number of aromatic nitrogens is 2. The number of hydrogen-bond donors (Lipinski definition) is 2. The van der Waals surface area contributed by atoms with E-state index >= 15 is 0 Å². The smallest absolute Gasteiger partial charge is 0.268 e. The molecular formula is C17H15N5O3S. The molecule has 26 heavy (non-hydrogen) atoms. The first-order chi connectivity index (χ1) is 12.4. The van der Waals surface area contributed by atoms with Crippen LogP contribution in [0.3, 0.4) is 0 Å². The largest absolute Gasteiger partial charge is 0.360 e. The first-order valence-electron chi connectivity index (χ1n) is 7.58. The fourth-order valence-electron chi connectivity index (χ4n) is 2.41. The van der Waals surface area contributed by atoms with Crippen molar-refractivity contribution >= 4 is 27.2 Å². The van der Waals surface area contributed by atoms with Gasteiger partial charge >= 0.3 is 0 Å². The maximum Gasteiger partial charge on any atom is 0.268 e. The van der Waals surface area contributed by atoms with E-state index in [2.05, 4.69) is 26.2 Å². The van der Waals surface area contributed by atoms with Crippen molar-refractivity contribution in [2.24, 2.45) is 0 Å². The number of aryl methyl sites for hydroxylation is 2. The highest BCUT2D eigenvalue weighted by Gasteiger charge is 2.24. The van der Waals surface area contributed by atoms with Gasteiger partial charge in [-0.2, -0.15) is 5.26 Å². The third kappa shape index (κ3) is 3.65. The maximum atomic E-state index is 12.5. The van der Waals surface area contributed by atoms with E-state index in [-0.39, 0.29) is 22.2 Å². The summed E-state index contributed by atoms with van der Waals surface area (Å²) in [6.45, 7) is 3.09. The van der Waals surface area contributed by atoms with Gasteiger partial charge in [0.15, 0.2) is 10.7 Å². The van der Waals surface area contributed by atoms with Crippen molar-refractivity contribution in [1.29, 1.82) is 5.26 Å². The van der Waals surface area contributed by atoms with Gasteiger partial charge in [0.05, 0.1) is 23.5 Å². The molecule has 0 atom stereocenters. The first-order valence-corrected chi connectivity index (χ1v) is 9.06. The van der Waals surface area contributed by atoms with Gasteiger partial charge in [0.2, 0.25) is 0 Å². The molecule has 2 aromatic heterocycles. The van der Waals surface area contributed by atoms with Crippen molar-refractivity contribution in [2.75, 3.05) is 10.0 Å². The highest BCUT2D eigenvalue weighted by molar-refractivity contribution is 7.92. The van der Waals surface area contributed by atoms with Crippen LogP contribution >= 0.6 is 0 Å². The zero-order valence-corrected chi connectivity index (χ0v) is 14.8. The number of rotatable bonds is 5. The Labute approximate surface area is 150 Å². The third-order valence-electron chi connectivity index (χ3n) is 3.52. The van der Waals surface area contributed by atoms with Gasteiger partial charge in [0.25, 0.3) is 10.0 Å². The lowest BCUT2D eigenvalue weighted by atomic mass is 10.2. The number of anilines is 3. The van der Waals surface area contributed by atoms with Gasteiger partial charge in [-0.15, -0.1) is 0 Å². The zero-order chi connectivity index (χ0) is 18.7. The standard InChI is InChI=1S/C17H15N5O3S/c1-11-17(12(2)25-21-11)26(23,24)22-16-7-6-15(10-19-16)20-14-5-3-4-13(8-14)9-18/h3-8,10,20H,1-2H3,(H,19,22). The molecule has 0 unspecified atom stereocenters. The van der Waals surface area contributed by atoms with Crippen molar-refractivity contribution in [3.63, 3.8) is 0 Å². The summed E-state index contributed by atoms with van der Waals surface area (Å²) in [4.78, 5) is 4.11. The molecule has 0 saturated carbocycles. The third-order valence-corrected chi connectivity index (χ3v) is 5.12. The average molecular weight is 369 g/mol. The van der Waals surface area contributed by atoms with Crippen LogP contribution in [0.1, 0.15) is 17.0 Å². The number of nitriles is 1. The fraction of sp³-hybridized carbons (Fsp3) is 0.118.